The first-order valence-corrected chi connectivity index (χ1v) is 8.82. The van der Waals surface area contributed by atoms with Crippen molar-refractivity contribution in [3.63, 3.8) is 0 Å². The standard InChI is InChI=1S/C17H25BrN2/c18-15-13-14(17(19)9-3-1-4-10-17)7-8-16(15)20-11-5-2-6-12-20/h7-8,13H,1-6,9-12,19H2. The predicted molar refractivity (Wildman–Crippen MR) is 89.2 cm³/mol. The van der Waals surface area contributed by atoms with Crippen LogP contribution in [0.25, 0.3) is 0 Å². The predicted octanol–water partition coefficient (Wildman–Crippen LogP) is 4.56. The second-order valence-electron chi connectivity index (χ2n) is 6.43. The van der Waals surface area contributed by atoms with E-state index in [2.05, 4.69) is 39.0 Å². The molecule has 0 amide bonds. The van der Waals surface area contributed by atoms with E-state index in [9.17, 15) is 0 Å². The van der Waals surface area contributed by atoms with Gasteiger partial charge in [-0.25, -0.2) is 0 Å². The molecule has 2 nitrogen and oxygen atoms in total. The Morgan fingerprint density at radius 1 is 0.950 bits per heavy atom. The summed E-state index contributed by atoms with van der Waals surface area (Å²) in [4.78, 5) is 2.50. The molecular weight excluding hydrogens is 312 g/mol. The number of piperidine rings is 1. The molecule has 1 aliphatic heterocycles. The highest BCUT2D eigenvalue weighted by Crippen LogP contribution is 2.38. The molecule has 0 radical (unpaired) electrons. The molecule has 0 bridgehead atoms. The van der Waals surface area contributed by atoms with Crippen LogP contribution < -0.4 is 10.6 Å². The minimum atomic E-state index is -0.0960. The van der Waals surface area contributed by atoms with E-state index in [1.165, 1.54) is 67.3 Å². The van der Waals surface area contributed by atoms with E-state index < -0.39 is 0 Å². The maximum Gasteiger partial charge on any atom is 0.0510 e. The van der Waals surface area contributed by atoms with E-state index >= 15 is 0 Å². The van der Waals surface area contributed by atoms with E-state index in [4.69, 9.17) is 5.73 Å². The normalized spacial score (nSPS) is 22.8. The van der Waals surface area contributed by atoms with Gasteiger partial charge >= 0.3 is 0 Å². The third-order valence-electron chi connectivity index (χ3n) is 4.97. The minimum absolute atomic E-state index is 0.0960. The van der Waals surface area contributed by atoms with E-state index in [0.717, 1.165) is 12.8 Å². The average Bonchev–Trinajstić information content (AvgIpc) is 2.49. The van der Waals surface area contributed by atoms with E-state index in [1.54, 1.807) is 0 Å². The number of nitrogens with zero attached hydrogens (tertiary/aromatic N) is 1. The number of halogens is 1. The highest BCUT2D eigenvalue weighted by atomic mass is 79.9. The molecule has 1 aromatic rings. The lowest BCUT2D eigenvalue weighted by Crippen LogP contribution is -2.38. The zero-order valence-electron chi connectivity index (χ0n) is 12.2. The van der Waals surface area contributed by atoms with Crippen LogP contribution in [0.4, 0.5) is 5.69 Å². The summed E-state index contributed by atoms with van der Waals surface area (Å²) < 4.78 is 1.22. The quantitative estimate of drug-likeness (QED) is 0.857. The van der Waals surface area contributed by atoms with Gasteiger partial charge in [0.05, 0.1) is 5.69 Å². The summed E-state index contributed by atoms with van der Waals surface area (Å²) in [6, 6.07) is 6.81. The Morgan fingerprint density at radius 3 is 2.25 bits per heavy atom. The van der Waals surface area contributed by atoms with Crippen LogP contribution in [-0.2, 0) is 5.54 Å². The Kier molecular flexibility index (Phi) is 4.37. The highest BCUT2D eigenvalue weighted by molar-refractivity contribution is 9.10. The topological polar surface area (TPSA) is 29.3 Å². The largest absolute Gasteiger partial charge is 0.371 e. The summed E-state index contributed by atoms with van der Waals surface area (Å²) in [6.45, 7) is 2.37. The third-order valence-corrected chi connectivity index (χ3v) is 5.60. The molecule has 3 heteroatoms. The van der Waals surface area contributed by atoms with Crippen molar-refractivity contribution in [2.75, 3.05) is 18.0 Å². The van der Waals surface area contributed by atoms with Crippen molar-refractivity contribution >= 4 is 21.6 Å². The molecule has 0 atom stereocenters. The van der Waals surface area contributed by atoms with Gasteiger partial charge in [0.1, 0.15) is 0 Å². The van der Waals surface area contributed by atoms with Gasteiger partial charge in [-0.1, -0.05) is 25.3 Å². The maximum atomic E-state index is 6.64. The fourth-order valence-corrected chi connectivity index (χ4v) is 4.31. The number of nitrogens with two attached hydrogens (primary N) is 1. The first kappa shape index (κ1) is 14.4. The van der Waals surface area contributed by atoms with Crippen molar-refractivity contribution in [1.82, 2.24) is 0 Å². The van der Waals surface area contributed by atoms with Gasteiger partial charge in [-0.3, -0.25) is 0 Å². The molecule has 0 aromatic heterocycles. The zero-order chi connectivity index (χ0) is 14.0. The van der Waals surface area contributed by atoms with E-state index in [0.29, 0.717) is 0 Å². The number of hydrogen-bond acceptors (Lipinski definition) is 2. The van der Waals surface area contributed by atoms with Crippen LogP contribution in [0.15, 0.2) is 22.7 Å². The lowest BCUT2D eigenvalue weighted by atomic mass is 9.77. The van der Waals surface area contributed by atoms with Gasteiger partial charge in [-0.05, 0) is 65.7 Å². The Labute approximate surface area is 130 Å². The highest BCUT2D eigenvalue weighted by Gasteiger charge is 2.30. The second-order valence-corrected chi connectivity index (χ2v) is 7.29. The number of anilines is 1. The van der Waals surface area contributed by atoms with Crippen molar-refractivity contribution in [3.8, 4) is 0 Å². The van der Waals surface area contributed by atoms with Crippen LogP contribution in [0, 0.1) is 0 Å². The molecule has 0 spiro atoms. The van der Waals surface area contributed by atoms with Crippen LogP contribution in [0.3, 0.4) is 0 Å². The molecule has 0 unspecified atom stereocenters. The van der Waals surface area contributed by atoms with Crippen molar-refractivity contribution in [3.05, 3.63) is 28.2 Å². The van der Waals surface area contributed by atoms with Gasteiger partial charge < -0.3 is 10.6 Å². The molecule has 3 rings (SSSR count). The second kappa shape index (κ2) is 6.07. The molecule has 1 saturated carbocycles. The van der Waals surface area contributed by atoms with Crippen molar-refractivity contribution in [2.24, 2.45) is 5.73 Å². The van der Waals surface area contributed by atoms with Gasteiger partial charge in [0.15, 0.2) is 0 Å². The van der Waals surface area contributed by atoms with Gasteiger partial charge in [0.25, 0.3) is 0 Å². The zero-order valence-corrected chi connectivity index (χ0v) is 13.8. The van der Waals surface area contributed by atoms with Crippen LogP contribution in [0.5, 0.6) is 0 Å². The van der Waals surface area contributed by atoms with Crippen LogP contribution in [0.2, 0.25) is 0 Å². The van der Waals surface area contributed by atoms with Crippen LogP contribution in [0.1, 0.15) is 56.9 Å². The molecule has 2 aliphatic rings. The van der Waals surface area contributed by atoms with Gasteiger partial charge in [-0.15, -0.1) is 0 Å². The molecule has 1 saturated heterocycles. The Hall–Kier alpha value is -0.540. The molecule has 1 aromatic carbocycles. The lowest BCUT2D eigenvalue weighted by Gasteiger charge is -2.35. The van der Waals surface area contributed by atoms with Gasteiger partial charge in [0.2, 0.25) is 0 Å². The SMILES string of the molecule is NC1(c2ccc(N3CCCCC3)c(Br)c2)CCCCC1. The number of rotatable bonds is 2. The van der Waals surface area contributed by atoms with E-state index in [1.807, 2.05) is 0 Å². The van der Waals surface area contributed by atoms with Crippen LogP contribution in [-0.4, -0.2) is 13.1 Å². The summed E-state index contributed by atoms with van der Waals surface area (Å²) in [5.41, 5.74) is 9.20. The molecule has 110 valence electrons. The summed E-state index contributed by atoms with van der Waals surface area (Å²) in [6.07, 6.45) is 10.1. The maximum absolute atomic E-state index is 6.64. The first-order chi connectivity index (χ1) is 9.69. The summed E-state index contributed by atoms with van der Waals surface area (Å²) >= 11 is 3.78. The first-order valence-electron chi connectivity index (χ1n) is 8.03. The number of benzene rings is 1. The van der Waals surface area contributed by atoms with Crippen molar-refractivity contribution < 1.29 is 0 Å². The fraction of sp³-hybridized carbons (Fsp3) is 0.647. The monoisotopic (exact) mass is 336 g/mol. The fourth-order valence-electron chi connectivity index (χ4n) is 3.68. The Morgan fingerprint density at radius 2 is 1.60 bits per heavy atom. The third kappa shape index (κ3) is 2.89. The molecular formula is C17H25BrN2. The molecule has 1 heterocycles. The van der Waals surface area contributed by atoms with Crippen molar-refractivity contribution in [2.45, 2.75) is 56.9 Å². The summed E-state index contributed by atoms with van der Waals surface area (Å²) in [5, 5.41) is 0. The minimum Gasteiger partial charge on any atom is -0.371 e. The molecule has 2 N–H and O–H groups in total. The van der Waals surface area contributed by atoms with Gasteiger partial charge in [-0.2, -0.15) is 0 Å². The van der Waals surface area contributed by atoms with Crippen molar-refractivity contribution in [1.29, 1.82) is 0 Å². The Bertz CT molecular complexity index is 460. The van der Waals surface area contributed by atoms with Gasteiger partial charge in [0, 0.05) is 23.1 Å². The number of hydrogen-bond donors (Lipinski definition) is 1. The van der Waals surface area contributed by atoms with E-state index in [-0.39, 0.29) is 5.54 Å². The summed E-state index contributed by atoms with van der Waals surface area (Å²) in [7, 11) is 0. The summed E-state index contributed by atoms with van der Waals surface area (Å²) in [5.74, 6) is 0. The Balaban J connectivity index is 1.83. The molecule has 2 fully saturated rings. The molecule has 1 aliphatic carbocycles. The smallest absolute Gasteiger partial charge is 0.0510 e. The average molecular weight is 337 g/mol. The van der Waals surface area contributed by atoms with Crippen LogP contribution >= 0.6 is 15.9 Å². The lowest BCUT2D eigenvalue weighted by molar-refractivity contribution is 0.302. The molecule has 20 heavy (non-hydrogen) atoms.